The minimum atomic E-state index is -3.11. The zero-order valence-electron chi connectivity index (χ0n) is 16.5. The van der Waals surface area contributed by atoms with Gasteiger partial charge in [-0.15, -0.1) is 0 Å². The first-order valence-electron chi connectivity index (χ1n) is 9.99. The molecular formula is C22H25N2O5P. The number of carbonyl (C=O) groups excluding carboxylic acids is 1. The van der Waals surface area contributed by atoms with Gasteiger partial charge >= 0.3 is 145 Å². The van der Waals surface area contributed by atoms with Gasteiger partial charge in [0.2, 0.25) is 0 Å². The molecule has 1 aromatic heterocycles. The van der Waals surface area contributed by atoms with Crippen LogP contribution in [-0.4, -0.2) is 29.2 Å². The van der Waals surface area contributed by atoms with E-state index in [2.05, 4.69) is 10.5 Å². The number of carbonyl (C=O) groups is 1. The van der Waals surface area contributed by atoms with Crippen molar-refractivity contribution in [2.24, 2.45) is 0 Å². The number of benzene rings is 2. The molecule has 4 rings (SSSR count). The predicted molar refractivity (Wildman–Crippen MR) is 116 cm³/mol. The van der Waals surface area contributed by atoms with Crippen molar-refractivity contribution in [2.45, 2.75) is 25.4 Å². The number of aromatic nitrogens is 1. The van der Waals surface area contributed by atoms with Crippen molar-refractivity contribution >= 4 is 19.5 Å². The van der Waals surface area contributed by atoms with Crippen molar-refractivity contribution < 1.29 is 23.3 Å². The van der Waals surface area contributed by atoms with Crippen LogP contribution < -0.4 is 5.32 Å². The van der Waals surface area contributed by atoms with E-state index in [0.29, 0.717) is 43.7 Å². The molecule has 0 radical (unpaired) electrons. The Balaban J connectivity index is 1.30. The van der Waals surface area contributed by atoms with Crippen LogP contribution in [0, 0.1) is 0 Å². The predicted octanol–water partition coefficient (Wildman–Crippen LogP) is 4.34. The Morgan fingerprint density at radius 3 is 2.53 bits per heavy atom. The standard InChI is InChI=1S/C22H25N2O5P/c25-21(12-9-19-15-23-29-22(19)18-5-2-1-3-6-18)24-20-10-7-17(8-11-20)16-30(26)27-13-4-14-28-30/h1-3,5-8,10-11,15,26,30H,4,9,12-14,16H2,(H,24,25). The molecule has 2 aromatic carbocycles. The fraction of sp³-hybridized carbons (Fsp3) is 0.273. The molecule has 0 atom stereocenters. The Morgan fingerprint density at radius 1 is 1.07 bits per heavy atom. The fourth-order valence-corrected chi connectivity index (χ4v) is 5.33. The number of rotatable bonds is 7. The SMILES string of the molecule is O=C(CCc1cnoc1-c1ccccc1)Nc1ccc(C[PH]2(O)OCCCO2)cc1. The van der Waals surface area contributed by atoms with Crippen molar-refractivity contribution in [3.8, 4) is 11.3 Å². The van der Waals surface area contributed by atoms with Gasteiger partial charge in [-0.1, -0.05) is 30.3 Å². The van der Waals surface area contributed by atoms with E-state index < -0.39 is 7.94 Å². The molecule has 0 bridgehead atoms. The molecule has 8 heteroatoms. The number of nitrogens with zero attached hydrogens (tertiary/aromatic N) is 1. The second-order valence-corrected chi connectivity index (χ2v) is 9.59. The van der Waals surface area contributed by atoms with Crippen LogP contribution in [0.3, 0.4) is 0 Å². The first kappa shape index (κ1) is 20.7. The van der Waals surface area contributed by atoms with Gasteiger partial charge in [-0.2, -0.15) is 0 Å². The van der Waals surface area contributed by atoms with E-state index >= 15 is 0 Å². The third-order valence-corrected chi connectivity index (χ3v) is 7.08. The molecule has 158 valence electrons. The van der Waals surface area contributed by atoms with Crippen molar-refractivity contribution in [2.75, 3.05) is 18.5 Å². The van der Waals surface area contributed by atoms with Gasteiger partial charge in [0.1, 0.15) is 0 Å². The number of anilines is 1. The number of aryl methyl sites for hydroxylation is 1. The van der Waals surface area contributed by atoms with Gasteiger partial charge in [-0.05, 0) is 0 Å². The molecule has 0 spiro atoms. The van der Waals surface area contributed by atoms with Gasteiger partial charge in [0, 0.05) is 0 Å². The van der Waals surface area contributed by atoms with E-state index in [-0.39, 0.29) is 5.91 Å². The number of hydrogen-bond donors (Lipinski definition) is 2. The van der Waals surface area contributed by atoms with Gasteiger partial charge < -0.3 is 0 Å². The van der Waals surface area contributed by atoms with Crippen molar-refractivity contribution in [3.63, 3.8) is 0 Å². The van der Waals surface area contributed by atoms with E-state index in [1.54, 1.807) is 6.20 Å². The zero-order chi connectivity index (χ0) is 20.8. The molecule has 1 aliphatic rings. The van der Waals surface area contributed by atoms with E-state index in [1.807, 2.05) is 54.6 Å². The Labute approximate surface area is 175 Å². The molecule has 1 saturated heterocycles. The zero-order valence-corrected chi connectivity index (χ0v) is 17.5. The van der Waals surface area contributed by atoms with Crippen molar-refractivity contribution in [3.05, 3.63) is 71.9 Å². The molecule has 0 saturated carbocycles. The van der Waals surface area contributed by atoms with Crippen molar-refractivity contribution in [1.29, 1.82) is 0 Å². The first-order valence-corrected chi connectivity index (χ1v) is 12.0. The molecule has 2 N–H and O–H groups in total. The van der Waals surface area contributed by atoms with Crippen LogP contribution in [0.1, 0.15) is 24.0 Å². The molecule has 30 heavy (non-hydrogen) atoms. The fourth-order valence-electron chi connectivity index (χ4n) is 3.37. The second-order valence-electron chi connectivity index (χ2n) is 7.23. The number of amides is 1. The topological polar surface area (TPSA) is 93.8 Å². The molecular weight excluding hydrogens is 403 g/mol. The van der Waals surface area contributed by atoms with Crippen LogP contribution in [0.2, 0.25) is 0 Å². The molecule has 1 fully saturated rings. The van der Waals surface area contributed by atoms with E-state index in [0.717, 1.165) is 23.1 Å². The Kier molecular flexibility index (Phi) is 6.55. The van der Waals surface area contributed by atoms with E-state index in [4.69, 9.17) is 13.6 Å². The van der Waals surface area contributed by atoms with Crippen LogP contribution in [0.4, 0.5) is 5.69 Å². The Morgan fingerprint density at radius 2 is 1.80 bits per heavy atom. The minimum absolute atomic E-state index is 0.0880. The number of hydrogen-bond acceptors (Lipinski definition) is 6. The van der Waals surface area contributed by atoms with Gasteiger partial charge in [-0.25, -0.2) is 0 Å². The average Bonchev–Trinajstić information content (AvgIpc) is 3.23. The average molecular weight is 428 g/mol. The number of nitrogens with one attached hydrogen (secondary N) is 1. The summed E-state index contributed by atoms with van der Waals surface area (Å²) in [5.74, 6) is 0.608. The molecule has 2 heterocycles. The van der Waals surface area contributed by atoms with Crippen molar-refractivity contribution in [1.82, 2.24) is 5.16 Å². The van der Waals surface area contributed by atoms with Gasteiger partial charge in [0.05, 0.1) is 0 Å². The maximum atomic E-state index is 12.4. The van der Waals surface area contributed by atoms with Gasteiger partial charge in [0.15, 0.2) is 0 Å². The maximum absolute atomic E-state index is 12.4. The van der Waals surface area contributed by atoms with E-state index in [1.165, 1.54) is 0 Å². The normalized spacial score (nSPS) is 16.7. The molecule has 3 aromatic rings. The summed E-state index contributed by atoms with van der Waals surface area (Å²) in [6.07, 6.45) is 3.69. The first-order chi connectivity index (χ1) is 14.6. The molecule has 1 amide bonds. The summed E-state index contributed by atoms with van der Waals surface area (Å²) < 4.78 is 16.3. The van der Waals surface area contributed by atoms with E-state index in [9.17, 15) is 9.69 Å². The summed E-state index contributed by atoms with van der Waals surface area (Å²) in [4.78, 5) is 22.8. The molecule has 7 nitrogen and oxygen atoms in total. The summed E-state index contributed by atoms with van der Waals surface area (Å²) in [7, 11) is -3.11. The summed E-state index contributed by atoms with van der Waals surface area (Å²) in [6, 6.07) is 17.1. The summed E-state index contributed by atoms with van der Waals surface area (Å²) in [5.41, 5.74) is 3.46. The summed E-state index contributed by atoms with van der Waals surface area (Å²) in [5, 5.41) is 6.78. The monoisotopic (exact) mass is 428 g/mol. The van der Waals surface area contributed by atoms with Crippen LogP contribution in [0.25, 0.3) is 11.3 Å². The molecule has 0 aliphatic carbocycles. The molecule has 1 aliphatic heterocycles. The summed E-state index contributed by atoms with van der Waals surface area (Å²) >= 11 is 0. The van der Waals surface area contributed by atoms with Gasteiger partial charge in [0.25, 0.3) is 0 Å². The third kappa shape index (κ3) is 5.32. The third-order valence-electron chi connectivity index (χ3n) is 4.91. The Hall–Kier alpha value is -2.57. The van der Waals surface area contributed by atoms with Crippen LogP contribution in [0.5, 0.6) is 0 Å². The Bertz CT molecular complexity index is 969. The second kappa shape index (κ2) is 9.49. The summed E-state index contributed by atoms with van der Waals surface area (Å²) in [6.45, 7) is 1.07. The quantitative estimate of drug-likeness (QED) is 0.544. The van der Waals surface area contributed by atoms with Crippen LogP contribution in [-0.2, 0) is 26.4 Å². The molecule has 0 unspecified atom stereocenters. The van der Waals surface area contributed by atoms with Crippen LogP contribution >= 0.6 is 7.94 Å². The van der Waals surface area contributed by atoms with Gasteiger partial charge in [-0.3, -0.25) is 0 Å². The van der Waals surface area contributed by atoms with Crippen LogP contribution in [0.15, 0.2) is 65.3 Å².